The van der Waals surface area contributed by atoms with Crippen LogP contribution in [0.15, 0.2) is 24.5 Å². The maximum atomic E-state index is 5.82. The molecular formula is C13H18N4. The molecule has 17 heavy (non-hydrogen) atoms. The summed E-state index contributed by atoms with van der Waals surface area (Å²) in [5.41, 5.74) is 7.49. The van der Waals surface area contributed by atoms with Gasteiger partial charge < -0.3 is 10.6 Å². The van der Waals surface area contributed by atoms with Gasteiger partial charge in [0.2, 0.25) is 0 Å². The SMILES string of the molecule is CC(C)CN(C)c1ncnc2ccc(N)cc12. The molecule has 0 atom stereocenters. The molecule has 0 saturated carbocycles. The fraction of sp³-hybridized carbons (Fsp3) is 0.385. The summed E-state index contributed by atoms with van der Waals surface area (Å²) in [6.45, 7) is 5.34. The summed E-state index contributed by atoms with van der Waals surface area (Å²) in [6.07, 6.45) is 1.60. The molecule has 1 heterocycles. The molecule has 90 valence electrons. The number of fused-ring (bicyclic) bond motifs is 1. The summed E-state index contributed by atoms with van der Waals surface area (Å²) in [4.78, 5) is 10.8. The van der Waals surface area contributed by atoms with E-state index >= 15 is 0 Å². The lowest BCUT2D eigenvalue weighted by Gasteiger charge is -2.21. The highest BCUT2D eigenvalue weighted by Gasteiger charge is 2.09. The van der Waals surface area contributed by atoms with Crippen molar-refractivity contribution in [1.29, 1.82) is 0 Å². The quantitative estimate of drug-likeness (QED) is 0.822. The zero-order valence-electron chi connectivity index (χ0n) is 10.5. The van der Waals surface area contributed by atoms with Crippen molar-refractivity contribution in [2.75, 3.05) is 24.2 Å². The van der Waals surface area contributed by atoms with Gasteiger partial charge in [-0.25, -0.2) is 9.97 Å². The molecule has 0 aliphatic carbocycles. The largest absolute Gasteiger partial charge is 0.399 e. The molecule has 0 saturated heterocycles. The Hall–Kier alpha value is -1.84. The number of anilines is 2. The first-order chi connectivity index (χ1) is 8.08. The predicted octanol–water partition coefficient (Wildman–Crippen LogP) is 2.30. The van der Waals surface area contributed by atoms with E-state index in [9.17, 15) is 0 Å². The molecule has 0 unspecified atom stereocenters. The van der Waals surface area contributed by atoms with E-state index in [-0.39, 0.29) is 0 Å². The first-order valence-corrected chi connectivity index (χ1v) is 5.79. The van der Waals surface area contributed by atoms with Crippen LogP contribution >= 0.6 is 0 Å². The molecule has 0 aliphatic rings. The highest BCUT2D eigenvalue weighted by Crippen LogP contribution is 2.24. The summed E-state index contributed by atoms with van der Waals surface area (Å²) in [7, 11) is 2.05. The normalized spacial score (nSPS) is 11.1. The number of nitrogens with zero attached hydrogens (tertiary/aromatic N) is 3. The Morgan fingerprint density at radius 3 is 2.76 bits per heavy atom. The first kappa shape index (κ1) is 11.6. The van der Waals surface area contributed by atoms with Gasteiger partial charge in [-0.3, -0.25) is 0 Å². The fourth-order valence-electron chi connectivity index (χ4n) is 2.00. The topological polar surface area (TPSA) is 55.0 Å². The second-order valence-electron chi connectivity index (χ2n) is 4.75. The summed E-state index contributed by atoms with van der Waals surface area (Å²) in [5.74, 6) is 1.53. The van der Waals surface area contributed by atoms with E-state index < -0.39 is 0 Å². The van der Waals surface area contributed by atoms with Crippen molar-refractivity contribution in [3.8, 4) is 0 Å². The average molecular weight is 230 g/mol. The monoisotopic (exact) mass is 230 g/mol. The number of aromatic nitrogens is 2. The van der Waals surface area contributed by atoms with E-state index in [0.717, 1.165) is 29.0 Å². The smallest absolute Gasteiger partial charge is 0.139 e. The molecule has 0 fully saturated rings. The average Bonchev–Trinajstić information content (AvgIpc) is 2.27. The molecule has 2 rings (SSSR count). The first-order valence-electron chi connectivity index (χ1n) is 5.79. The Labute approximate surface area is 101 Å². The lowest BCUT2D eigenvalue weighted by atomic mass is 10.2. The van der Waals surface area contributed by atoms with Crippen molar-refractivity contribution in [3.05, 3.63) is 24.5 Å². The molecule has 4 heteroatoms. The van der Waals surface area contributed by atoms with E-state index in [4.69, 9.17) is 5.73 Å². The summed E-state index contributed by atoms with van der Waals surface area (Å²) >= 11 is 0. The van der Waals surface area contributed by atoms with E-state index in [1.165, 1.54) is 0 Å². The van der Waals surface area contributed by atoms with Crippen LogP contribution in [0.3, 0.4) is 0 Å². The van der Waals surface area contributed by atoms with E-state index in [0.29, 0.717) is 5.92 Å². The van der Waals surface area contributed by atoms with Crippen molar-refractivity contribution < 1.29 is 0 Å². The van der Waals surface area contributed by atoms with Crippen LogP contribution in [-0.2, 0) is 0 Å². The van der Waals surface area contributed by atoms with Crippen LogP contribution in [-0.4, -0.2) is 23.6 Å². The predicted molar refractivity (Wildman–Crippen MR) is 72.1 cm³/mol. The molecule has 2 aromatic rings. The molecular weight excluding hydrogens is 212 g/mol. The van der Waals surface area contributed by atoms with Crippen molar-refractivity contribution >= 4 is 22.4 Å². The zero-order chi connectivity index (χ0) is 12.4. The van der Waals surface area contributed by atoms with Gasteiger partial charge in [-0.15, -0.1) is 0 Å². The van der Waals surface area contributed by atoms with Gasteiger partial charge in [0.1, 0.15) is 12.1 Å². The summed E-state index contributed by atoms with van der Waals surface area (Å²) < 4.78 is 0. The third-order valence-corrected chi connectivity index (χ3v) is 2.64. The van der Waals surface area contributed by atoms with Gasteiger partial charge in [0.25, 0.3) is 0 Å². The number of benzene rings is 1. The van der Waals surface area contributed by atoms with Gasteiger partial charge in [0.05, 0.1) is 5.52 Å². The summed E-state index contributed by atoms with van der Waals surface area (Å²) in [5, 5.41) is 1.01. The van der Waals surface area contributed by atoms with Crippen LogP contribution in [0.5, 0.6) is 0 Å². The van der Waals surface area contributed by atoms with Crippen LogP contribution < -0.4 is 10.6 Å². The molecule has 1 aromatic carbocycles. The lowest BCUT2D eigenvalue weighted by molar-refractivity contribution is 0.635. The zero-order valence-corrected chi connectivity index (χ0v) is 10.5. The van der Waals surface area contributed by atoms with Gasteiger partial charge in [-0.2, -0.15) is 0 Å². The second kappa shape index (κ2) is 4.57. The van der Waals surface area contributed by atoms with Crippen molar-refractivity contribution in [2.24, 2.45) is 5.92 Å². The van der Waals surface area contributed by atoms with Crippen LogP contribution in [0.4, 0.5) is 11.5 Å². The number of nitrogens with two attached hydrogens (primary N) is 1. The molecule has 0 bridgehead atoms. The Balaban J connectivity index is 2.49. The molecule has 0 radical (unpaired) electrons. The van der Waals surface area contributed by atoms with Crippen LogP contribution in [0.1, 0.15) is 13.8 Å². The third kappa shape index (κ3) is 2.46. The Morgan fingerprint density at radius 1 is 1.29 bits per heavy atom. The van der Waals surface area contributed by atoms with Gasteiger partial charge in [0.15, 0.2) is 0 Å². The van der Waals surface area contributed by atoms with Crippen LogP contribution in [0.2, 0.25) is 0 Å². The standard InChI is InChI=1S/C13H18N4/c1-9(2)7-17(3)13-11-6-10(14)4-5-12(11)15-8-16-13/h4-6,8-9H,7,14H2,1-3H3. The van der Waals surface area contributed by atoms with Crippen LogP contribution in [0.25, 0.3) is 10.9 Å². The molecule has 0 amide bonds. The second-order valence-corrected chi connectivity index (χ2v) is 4.75. The van der Waals surface area contributed by atoms with E-state index in [1.807, 2.05) is 25.2 Å². The van der Waals surface area contributed by atoms with Crippen molar-refractivity contribution in [1.82, 2.24) is 9.97 Å². The van der Waals surface area contributed by atoms with Gasteiger partial charge >= 0.3 is 0 Å². The van der Waals surface area contributed by atoms with Crippen molar-refractivity contribution in [3.63, 3.8) is 0 Å². The van der Waals surface area contributed by atoms with Gasteiger partial charge in [0, 0.05) is 24.7 Å². The van der Waals surface area contributed by atoms with Gasteiger partial charge in [-0.1, -0.05) is 13.8 Å². The Kier molecular flexibility index (Phi) is 3.13. The third-order valence-electron chi connectivity index (χ3n) is 2.64. The molecule has 0 aliphatic heterocycles. The lowest BCUT2D eigenvalue weighted by Crippen LogP contribution is -2.23. The maximum Gasteiger partial charge on any atom is 0.139 e. The highest BCUT2D eigenvalue weighted by molar-refractivity contribution is 5.91. The van der Waals surface area contributed by atoms with E-state index in [2.05, 4.69) is 28.7 Å². The minimum absolute atomic E-state index is 0.589. The number of hydrogen-bond acceptors (Lipinski definition) is 4. The minimum atomic E-state index is 0.589. The Bertz CT molecular complexity index is 522. The Morgan fingerprint density at radius 2 is 2.06 bits per heavy atom. The van der Waals surface area contributed by atoms with E-state index in [1.54, 1.807) is 6.33 Å². The molecule has 4 nitrogen and oxygen atoms in total. The molecule has 0 spiro atoms. The number of nitrogen functional groups attached to an aromatic ring is 1. The van der Waals surface area contributed by atoms with Crippen molar-refractivity contribution in [2.45, 2.75) is 13.8 Å². The number of rotatable bonds is 3. The van der Waals surface area contributed by atoms with Crippen LogP contribution in [0, 0.1) is 5.92 Å². The fourth-order valence-corrected chi connectivity index (χ4v) is 2.00. The maximum absolute atomic E-state index is 5.82. The minimum Gasteiger partial charge on any atom is -0.399 e. The molecule has 2 N–H and O–H groups in total. The number of hydrogen-bond donors (Lipinski definition) is 1. The highest BCUT2D eigenvalue weighted by atomic mass is 15.2. The molecule has 1 aromatic heterocycles. The van der Waals surface area contributed by atoms with Gasteiger partial charge in [-0.05, 0) is 24.1 Å². The summed E-state index contributed by atoms with van der Waals surface area (Å²) in [6, 6.07) is 5.72.